The molecule has 0 spiro atoms. The molecular weight excluding hydrogens is 400 g/mol. The van der Waals surface area contributed by atoms with Gasteiger partial charge in [0, 0.05) is 43.2 Å². The molecule has 1 aliphatic rings. The van der Waals surface area contributed by atoms with Crippen LogP contribution in [0, 0.1) is 5.92 Å². The minimum absolute atomic E-state index is 0.238. The number of piperidine rings is 1. The van der Waals surface area contributed by atoms with E-state index in [1.807, 2.05) is 6.07 Å². The minimum Gasteiger partial charge on any atom is -0.497 e. The molecule has 1 N–H and O–H groups in total. The van der Waals surface area contributed by atoms with E-state index in [-0.39, 0.29) is 12.3 Å². The number of hydrogen-bond acceptors (Lipinski definition) is 7. The smallest absolute Gasteiger partial charge is 0.352 e. The molecule has 2 aromatic heterocycles. The Morgan fingerprint density at radius 3 is 2.65 bits per heavy atom. The molecule has 10 heteroatoms. The van der Waals surface area contributed by atoms with Crippen LogP contribution in [0.1, 0.15) is 19.8 Å². The number of anilines is 2. The van der Waals surface area contributed by atoms with Crippen molar-refractivity contribution in [1.82, 2.24) is 19.2 Å². The molecule has 164 valence electrons. The van der Waals surface area contributed by atoms with Gasteiger partial charge in [-0.05, 0) is 24.8 Å². The van der Waals surface area contributed by atoms with Crippen molar-refractivity contribution in [2.24, 2.45) is 5.92 Å². The number of nitrogens with zero attached hydrogens (tertiary/aromatic N) is 5. The summed E-state index contributed by atoms with van der Waals surface area (Å²) in [5, 5.41) is 7.00. The van der Waals surface area contributed by atoms with Gasteiger partial charge >= 0.3 is 5.69 Å². The molecule has 4 rings (SSSR count). The first-order chi connectivity index (χ1) is 15.0. The molecule has 1 unspecified atom stereocenters. The highest BCUT2D eigenvalue weighted by Crippen LogP contribution is 2.25. The fourth-order valence-corrected chi connectivity index (χ4v) is 3.79. The molecule has 0 saturated carbocycles. The molecule has 1 aliphatic heterocycles. The number of carbonyl (C=O) groups excluding carboxylic acids is 1. The summed E-state index contributed by atoms with van der Waals surface area (Å²) in [6.07, 6.45) is 3.99. The standard InChI is InChI=1S/C21H26N6O4/c1-14-5-4-7-25(12-14)18-6-8-26-20(23-18)24-27(21(26)29)13-19(28)22-15-9-16(30-2)11-17(10-15)31-3/h6,8-11,14H,4-5,7,12-13H2,1-3H3,(H,22,28). The maximum atomic E-state index is 12.6. The van der Waals surface area contributed by atoms with Gasteiger partial charge < -0.3 is 19.7 Å². The normalized spacial score (nSPS) is 16.4. The van der Waals surface area contributed by atoms with E-state index in [4.69, 9.17) is 9.47 Å². The maximum absolute atomic E-state index is 12.6. The third-order valence-corrected chi connectivity index (χ3v) is 5.35. The lowest BCUT2D eigenvalue weighted by Crippen LogP contribution is -2.34. The molecule has 10 nitrogen and oxygen atoms in total. The van der Waals surface area contributed by atoms with E-state index in [1.165, 1.54) is 25.0 Å². The Balaban J connectivity index is 1.52. The zero-order chi connectivity index (χ0) is 22.0. The van der Waals surface area contributed by atoms with Crippen molar-refractivity contribution in [3.8, 4) is 11.5 Å². The Hall–Kier alpha value is -3.56. The highest BCUT2D eigenvalue weighted by Gasteiger charge is 2.19. The quantitative estimate of drug-likeness (QED) is 0.641. The van der Waals surface area contributed by atoms with Crippen LogP contribution < -0.4 is 25.4 Å². The number of hydrogen-bond donors (Lipinski definition) is 1. The van der Waals surface area contributed by atoms with Gasteiger partial charge in [-0.2, -0.15) is 4.98 Å². The van der Waals surface area contributed by atoms with Crippen LogP contribution in [0.4, 0.5) is 11.5 Å². The summed E-state index contributed by atoms with van der Waals surface area (Å²) in [4.78, 5) is 31.9. The van der Waals surface area contributed by atoms with Gasteiger partial charge in [-0.25, -0.2) is 13.9 Å². The predicted octanol–water partition coefficient (Wildman–Crippen LogP) is 1.78. The van der Waals surface area contributed by atoms with Gasteiger partial charge in [-0.15, -0.1) is 5.10 Å². The fraction of sp³-hybridized carbons (Fsp3) is 0.429. The number of ether oxygens (including phenoxy) is 2. The molecule has 3 aromatic rings. The molecule has 1 atom stereocenters. The molecule has 31 heavy (non-hydrogen) atoms. The summed E-state index contributed by atoms with van der Waals surface area (Å²) < 4.78 is 12.9. The topological polar surface area (TPSA) is 103 Å². The first kappa shape index (κ1) is 20.7. The zero-order valence-corrected chi connectivity index (χ0v) is 17.9. The third-order valence-electron chi connectivity index (χ3n) is 5.35. The van der Waals surface area contributed by atoms with E-state index in [0.29, 0.717) is 23.1 Å². The second-order valence-corrected chi connectivity index (χ2v) is 7.74. The van der Waals surface area contributed by atoms with Crippen LogP contribution in [0.5, 0.6) is 11.5 Å². The van der Waals surface area contributed by atoms with Crippen molar-refractivity contribution in [2.75, 3.05) is 37.5 Å². The SMILES string of the molecule is COc1cc(NC(=O)Cn2nc3nc(N4CCCC(C)C4)ccn3c2=O)cc(OC)c1. The zero-order valence-electron chi connectivity index (χ0n) is 17.9. The van der Waals surface area contributed by atoms with Crippen molar-refractivity contribution >= 4 is 23.2 Å². The van der Waals surface area contributed by atoms with Crippen LogP contribution in [-0.2, 0) is 11.3 Å². The summed E-state index contributed by atoms with van der Waals surface area (Å²) in [7, 11) is 3.06. The number of fused-ring (bicyclic) bond motifs is 1. The van der Waals surface area contributed by atoms with Crippen LogP contribution >= 0.6 is 0 Å². The number of amides is 1. The van der Waals surface area contributed by atoms with Crippen molar-refractivity contribution in [3.63, 3.8) is 0 Å². The van der Waals surface area contributed by atoms with Gasteiger partial charge in [0.05, 0.1) is 14.2 Å². The number of nitrogens with one attached hydrogen (secondary N) is 1. The maximum Gasteiger partial charge on any atom is 0.352 e. The van der Waals surface area contributed by atoms with Gasteiger partial charge in [0.1, 0.15) is 23.9 Å². The lowest BCUT2D eigenvalue weighted by atomic mass is 10.0. The van der Waals surface area contributed by atoms with Crippen LogP contribution in [-0.4, -0.2) is 52.4 Å². The lowest BCUT2D eigenvalue weighted by molar-refractivity contribution is -0.117. The number of rotatable bonds is 6. The number of benzene rings is 1. The first-order valence-electron chi connectivity index (χ1n) is 10.2. The third kappa shape index (κ3) is 4.47. The van der Waals surface area contributed by atoms with Gasteiger partial charge in [0.15, 0.2) is 0 Å². The molecule has 0 radical (unpaired) electrons. The van der Waals surface area contributed by atoms with E-state index < -0.39 is 11.6 Å². The van der Waals surface area contributed by atoms with Gasteiger partial charge in [0.25, 0.3) is 5.78 Å². The summed E-state index contributed by atoms with van der Waals surface area (Å²) in [6, 6.07) is 6.86. The van der Waals surface area contributed by atoms with Crippen LogP contribution in [0.3, 0.4) is 0 Å². The van der Waals surface area contributed by atoms with E-state index in [0.717, 1.165) is 30.0 Å². The van der Waals surface area contributed by atoms with Crippen molar-refractivity contribution in [1.29, 1.82) is 0 Å². The Kier molecular flexibility index (Phi) is 5.79. The Morgan fingerprint density at radius 1 is 1.23 bits per heavy atom. The molecule has 1 fully saturated rings. The molecule has 1 saturated heterocycles. The predicted molar refractivity (Wildman–Crippen MR) is 116 cm³/mol. The van der Waals surface area contributed by atoms with Crippen LogP contribution in [0.25, 0.3) is 5.78 Å². The van der Waals surface area contributed by atoms with E-state index >= 15 is 0 Å². The first-order valence-corrected chi connectivity index (χ1v) is 10.2. The molecule has 1 aromatic carbocycles. The average molecular weight is 426 g/mol. The second-order valence-electron chi connectivity index (χ2n) is 7.74. The van der Waals surface area contributed by atoms with E-state index in [1.54, 1.807) is 24.4 Å². The lowest BCUT2D eigenvalue weighted by Gasteiger charge is -2.31. The van der Waals surface area contributed by atoms with Gasteiger partial charge in [-0.3, -0.25) is 4.79 Å². The Labute approximate surface area is 179 Å². The second kappa shape index (κ2) is 8.66. The van der Waals surface area contributed by atoms with Crippen LogP contribution in [0.2, 0.25) is 0 Å². The monoisotopic (exact) mass is 426 g/mol. The van der Waals surface area contributed by atoms with E-state index in [9.17, 15) is 9.59 Å². The molecule has 3 heterocycles. The molecular formula is C21H26N6O4. The summed E-state index contributed by atoms with van der Waals surface area (Å²) >= 11 is 0. The molecule has 1 amide bonds. The van der Waals surface area contributed by atoms with Gasteiger partial charge in [-0.1, -0.05) is 6.92 Å². The molecule has 0 aliphatic carbocycles. The fourth-order valence-electron chi connectivity index (χ4n) is 3.79. The van der Waals surface area contributed by atoms with Crippen LogP contribution in [0.15, 0.2) is 35.3 Å². The highest BCUT2D eigenvalue weighted by molar-refractivity contribution is 5.91. The number of aromatic nitrogens is 4. The summed E-state index contributed by atoms with van der Waals surface area (Å²) in [5.74, 6) is 2.36. The molecule has 0 bridgehead atoms. The largest absolute Gasteiger partial charge is 0.497 e. The summed E-state index contributed by atoms with van der Waals surface area (Å²) in [6.45, 7) is 3.85. The minimum atomic E-state index is -0.417. The Bertz CT molecular complexity index is 1130. The average Bonchev–Trinajstić information content (AvgIpc) is 3.07. The van der Waals surface area contributed by atoms with Crippen molar-refractivity contribution in [2.45, 2.75) is 26.3 Å². The Morgan fingerprint density at radius 2 is 1.97 bits per heavy atom. The van der Waals surface area contributed by atoms with Crippen molar-refractivity contribution < 1.29 is 14.3 Å². The summed E-state index contributed by atoms with van der Waals surface area (Å²) in [5.41, 5.74) is 0.0806. The number of methoxy groups -OCH3 is 2. The van der Waals surface area contributed by atoms with Crippen molar-refractivity contribution in [3.05, 3.63) is 40.9 Å². The number of carbonyl (C=O) groups is 1. The van der Waals surface area contributed by atoms with Gasteiger partial charge in [0.2, 0.25) is 5.91 Å². The highest BCUT2D eigenvalue weighted by atomic mass is 16.5. The van der Waals surface area contributed by atoms with E-state index in [2.05, 4.69) is 27.2 Å².